The summed E-state index contributed by atoms with van der Waals surface area (Å²) in [6, 6.07) is 6.79. The molecule has 1 amide bonds. The van der Waals surface area contributed by atoms with Crippen LogP contribution in [0.5, 0.6) is 0 Å². The number of hydrogen-bond acceptors (Lipinski definition) is 4. The number of hydrogen-bond donors (Lipinski definition) is 1. The van der Waals surface area contributed by atoms with Crippen LogP contribution in [0.4, 0.5) is 5.69 Å². The first-order valence-corrected chi connectivity index (χ1v) is 13.2. The van der Waals surface area contributed by atoms with Gasteiger partial charge >= 0.3 is 0 Å². The Kier molecular flexibility index (Phi) is 9.05. The van der Waals surface area contributed by atoms with Gasteiger partial charge in [0.1, 0.15) is 0 Å². The molecule has 3 rings (SSSR count). The van der Waals surface area contributed by atoms with Crippen LogP contribution in [0.2, 0.25) is 5.02 Å². The molecule has 6 nitrogen and oxygen atoms in total. The lowest BCUT2D eigenvalue weighted by Gasteiger charge is -2.40. The number of pyridine rings is 1. The van der Waals surface area contributed by atoms with Crippen molar-refractivity contribution in [2.24, 2.45) is 0 Å². The second-order valence-electron chi connectivity index (χ2n) is 9.99. The van der Waals surface area contributed by atoms with Crippen molar-refractivity contribution in [1.29, 1.82) is 0 Å². The van der Waals surface area contributed by atoms with Crippen LogP contribution in [0.15, 0.2) is 23.0 Å². The van der Waals surface area contributed by atoms with E-state index in [0.717, 1.165) is 41.9 Å². The molecule has 1 saturated carbocycles. The smallest absolute Gasteiger partial charge is 0.255 e. The van der Waals surface area contributed by atoms with E-state index in [1.807, 2.05) is 39.8 Å². The summed E-state index contributed by atoms with van der Waals surface area (Å²) in [5.74, 6) is -0.207. The Bertz CT molecular complexity index is 1120. The van der Waals surface area contributed by atoms with E-state index in [-0.39, 0.29) is 18.0 Å². The van der Waals surface area contributed by atoms with Crippen molar-refractivity contribution < 1.29 is 4.79 Å². The molecular weight excluding hydrogens is 460 g/mol. The Morgan fingerprint density at radius 1 is 1.06 bits per heavy atom. The highest BCUT2D eigenvalue weighted by Crippen LogP contribution is 2.34. The third-order valence-electron chi connectivity index (χ3n) is 7.65. The van der Waals surface area contributed by atoms with Gasteiger partial charge in [0, 0.05) is 59.2 Å². The molecule has 0 radical (unpaired) electrons. The van der Waals surface area contributed by atoms with E-state index in [2.05, 4.69) is 36.1 Å². The van der Waals surface area contributed by atoms with Crippen molar-refractivity contribution in [3.05, 3.63) is 61.5 Å². The van der Waals surface area contributed by atoms with E-state index >= 15 is 0 Å². The quantitative estimate of drug-likeness (QED) is 0.549. The summed E-state index contributed by atoms with van der Waals surface area (Å²) in [4.78, 5) is 30.9. The maximum atomic E-state index is 13.3. The Labute approximate surface area is 215 Å². The van der Waals surface area contributed by atoms with Gasteiger partial charge in [0.2, 0.25) is 0 Å². The van der Waals surface area contributed by atoms with Gasteiger partial charge < -0.3 is 19.7 Å². The maximum Gasteiger partial charge on any atom is 0.255 e. The van der Waals surface area contributed by atoms with Gasteiger partial charge in [0.15, 0.2) is 0 Å². The number of halogens is 1. The van der Waals surface area contributed by atoms with Gasteiger partial charge in [0.25, 0.3) is 11.5 Å². The highest BCUT2D eigenvalue weighted by atomic mass is 35.5. The minimum atomic E-state index is -0.207. The van der Waals surface area contributed by atoms with E-state index < -0.39 is 0 Å². The lowest BCUT2D eigenvalue weighted by atomic mass is 9.89. The van der Waals surface area contributed by atoms with Gasteiger partial charge in [-0.15, -0.1) is 0 Å². The normalized spacial score (nSPS) is 18.1. The minimum Gasteiger partial charge on any atom is -0.369 e. The molecule has 0 atom stereocenters. The maximum absolute atomic E-state index is 13.3. The fourth-order valence-corrected chi connectivity index (χ4v) is 5.76. The summed E-state index contributed by atoms with van der Waals surface area (Å²) in [5.41, 5.74) is 4.92. The van der Waals surface area contributed by atoms with Gasteiger partial charge in [-0.2, -0.15) is 0 Å². The number of aryl methyl sites for hydroxylation is 2. The van der Waals surface area contributed by atoms with E-state index in [1.54, 1.807) is 10.6 Å². The molecule has 1 aromatic carbocycles. The standard InChI is InChI=1S/C28H41ClN4O2/c1-8-32-19(4)14-18(3)25(28(32)35)17-30-27(34)24-15-21(29)16-26(20(24)5)33(9-2)23-12-10-22(11-13-23)31(6)7/h14-16,22-23H,8-13,17H2,1-7H3,(H,30,34)/t22-,23-. The monoisotopic (exact) mass is 500 g/mol. The van der Waals surface area contributed by atoms with Gasteiger partial charge in [-0.05, 0) is 104 Å². The second kappa shape index (κ2) is 11.6. The Morgan fingerprint density at radius 2 is 1.69 bits per heavy atom. The molecule has 0 spiro atoms. The fraction of sp³-hybridized carbons (Fsp3) is 0.571. The number of amides is 1. The molecule has 192 valence electrons. The van der Waals surface area contributed by atoms with E-state index in [4.69, 9.17) is 11.6 Å². The number of aromatic nitrogens is 1. The topological polar surface area (TPSA) is 57.6 Å². The molecule has 1 N–H and O–H groups in total. The molecule has 0 unspecified atom stereocenters. The zero-order valence-electron chi connectivity index (χ0n) is 22.4. The zero-order chi connectivity index (χ0) is 25.9. The Balaban J connectivity index is 1.83. The molecule has 7 heteroatoms. The molecule has 1 fully saturated rings. The first kappa shape index (κ1) is 27.3. The third-order valence-corrected chi connectivity index (χ3v) is 7.87. The van der Waals surface area contributed by atoms with Crippen molar-refractivity contribution in [3.63, 3.8) is 0 Å². The number of nitrogens with zero attached hydrogens (tertiary/aromatic N) is 3. The molecule has 1 aliphatic carbocycles. The predicted molar refractivity (Wildman–Crippen MR) is 146 cm³/mol. The van der Waals surface area contributed by atoms with Crippen LogP contribution in [0.3, 0.4) is 0 Å². The SMILES string of the molecule is CCn1c(C)cc(C)c(CNC(=O)c2cc(Cl)cc(N(CC)[C@H]3CC[C@H](N(C)C)CC3)c2C)c1=O. The number of benzene rings is 1. The Morgan fingerprint density at radius 3 is 2.26 bits per heavy atom. The molecular formula is C28H41ClN4O2. The molecule has 2 aromatic rings. The summed E-state index contributed by atoms with van der Waals surface area (Å²) >= 11 is 6.53. The van der Waals surface area contributed by atoms with Gasteiger partial charge in [-0.3, -0.25) is 9.59 Å². The van der Waals surface area contributed by atoms with Crippen molar-refractivity contribution >= 4 is 23.2 Å². The van der Waals surface area contributed by atoms with Crippen LogP contribution < -0.4 is 15.8 Å². The number of carbonyl (C=O) groups is 1. The fourth-order valence-electron chi connectivity index (χ4n) is 5.55. The summed E-state index contributed by atoms with van der Waals surface area (Å²) < 4.78 is 1.74. The molecule has 1 aromatic heterocycles. The largest absolute Gasteiger partial charge is 0.369 e. The van der Waals surface area contributed by atoms with E-state index in [9.17, 15) is 9.59 Å². The lowest BCUT2D eigenvalue weighted by Crippen LogP contribution is -2.42. The first-order valence-electron chi connectivity index (χ1n) is 12.8. The van der Waals surface area contributed by atoms with Gasteiger partial charge in [-0.1, -0.05) is 11.6 Å². The molecule has 0 saturated heterocycles. The van der Waals surface area contributed by atoms with Crippen molar-refractivity contribution in [1.82, 2.24) is 14.8 Å². The lowest BCUT2D eigenvalue weighted by molar-refractivity contribution is 0.0950. The molecule has 35 heavy (non-hydrogen) atoms. The average Bonchev–Trinajstić information content (AvgIpc) is 2.81. The molecule has 1 heterocycles. The summed E-state index contributed by atoms with van der Waals surface area (Å²) in [5, 5.41) is 3.53. The van der Waals surface area contributed by atoms with Crippen molar-refractivity contribution in [3.8, 4) is 0 Å². The second-order valence-corrected chi connectivity index (χ2v) is 10.4. The first-order chi connectivity index (χ1) is 16.6. The zero-order valence-corrected chi connectivity index (χ0v) is 23.1. The number of carbonyl (C=O) groups excluding carboxylic acids is 1. The van der Waals surface area contributed by atoms with Crippen molar-refractivity contribution in [2.75, 3.05) is 25.5 Å². The summed E-state index contributed by atoms with van der Waals surface area (Å²) in [6.07, 6.45) is 4.60. The van der Waals surface area contributed by atoms with Crippen molar-refractivity contribution in [2.45, 2.75) is 85.5 Å². The highest BCUT2D eigenvalue weighted by Gasteiger charge is 2.28. The van der Waals surface area contributed by atoms with Crippen LogP contribution in [0.25, 0.3) is 0 Å². The molecule has 0 aliphatic heterocycles. The highest BCUT2D eigenvalue weighted by molar-refractivity contribution is 6.31. The van der Waals surface area contributed by atoms with Crippen LogP contribution in [-0.4, -0.2) is 48.1 Å². The summed E-state index contributed by atoms with van der Waals surface area (Å²) in [7, 11) is 4.31. The van der Waals surface area contributed by atoms with Crippen LogP contribution in [0, 0.1) is 20.8 Å². The average molecular weight is 501 g/mol. The number of anilines is 1. The van der Waals surface area contributed by atoms with Gasteiger partial charge in [-0.25, -0.2) is 0 Å². The molecule has 1 aliphatic rings. The minimum absolute atomic E-state index is 0.0423. The van der Waals surface area contributed by atoms with Crippen LogP contribution >= 0.6 is 11.6 Å². The van der Waals surface area contributed by atoms with E-state index in [0.29, 0.717) is 34.8 Å². The van der Waals surface area contributed by atoms with E-state index in [1.165, 1.54) is 12.8 Å². The van der Waals surface area contributed by atoms with Crippen LogP contribution in [0.1, 0.15) is 72.3 Å². The number of rotatable bonds is 8. The summed E-state index contributed by atoms with van der Waals surface area (Å²) in [6.45, 7) is 11.6. The third kappa shape index (κ3) is 5.92. The van der Waals surface area contributed by atoms with Crippen LogP contribution in [-0.2, 0) is 13.1 Å². The number of nitrogens with one attached hydrogen (secondary N) is 1. The predicted octanol–water partition coefficient (Wildman–Crippen LogP) is 5.08. The molecule has 0 bridgehead atoms. The Hall–Kier alpha value is -2.31. The van der Waals surface area contributed by atoms with Gasteiger partial charge in [0.05, 0.1) is 0 Å².